The van der Waals surface area contributed by atoms with Crippen molar-refractivity contribution in [3.05, 3.63) is 0 Å². The van der Waals surface area contributed by atoms with Crippen molar-refractivity contribution in [1.29, 1.82) is 0 Å². The van der Waals surface area contributed by atoms with Crippen LogP contribution < -0.4 is 0 Å². The molecule has 2 aliphatic heterocycles. The molecule has 2 saturated heterocycles. The summed E-state index contributed by atoms with van der Waals surface area (Å²) in [5.41, 5.74) is 0.640. The largest absolute Gasteiger partial charge is 0.147 e. The fraction of sp³-hybridized carbons (Fsp3) is 1.00. The molecule has 2 rings (SSSR count). The minimum absolute atomic E-state index is 0.640. The lowest BCUT2D eigenvalue weighted by Crippen LogP contribution is -2.41. The summed E-state index contributed by atoms with van der Waals surface area (Å²) >= 11 is 8.89. The van der Waals surface area contributed by atoms with Crippen LogP contribution in [0.1, 0.15) is 27.7 Å². The lowest BCUT2D eigenvalue weighted by atomic mass is 9.99. The van der Waals surface area contributed by atoms with Gasteiger partial charge in [0.25, 0.3) is 0 Å². The Balaban J connectivity index is 1.84. The first kappa shape index (κ1) is 14.8. The Hall–Kier alpha value is 1.40. The van der Waals surface area contributed by atoms with Crippen LogP contribution >= 0.6 is 47.0 Å². The zero-order chi connectivity index (χ0) is 12.5. The quantitative estimate of drug-likeness (QED) is 0.711. The van der Waals surface area contributed by atoms with Crippen LogP contribution in [0.3, 0.4) is 0 Å². The van der Waals surface area contributed by atoms with Crippen LogP contribution in [0.4, 0.5) is 0 Å². The van der Waals surface area contributed by atoms with Crippen LogP contribution in [0.15, 0.2) is 0 Å². The van der Waals surface area contributed by atoms with Gasteiger partial charge in [0, 0.05) is 28.4 Å². The maximum absolute atomic E-state index is 2.36. The van der Waals surface area contributed by atoms with Crippen molar-refractivity contribution in [1.82, 2.24) is 0 Å². The van der Waals surface area contributed by atoms with Crippen LogP contribution in [0, 0.1) is 17.3 Å². The van der Waals surface area contributed by atoms with Gasteiger partial charge in [-0.2, -0.15) is 0 Å². The average molecular weight is 309 g/mol. The standard InChI is InChI=1S/C13H24S4/c1-9(2)11-14-5-13(6-15-11)7-16-12(10(3)4)17-8-13/h9-12H,5-8H2,1-4H3. The maximum atomic E-state index is 2.36. The maximum Gasteiger partial charge on any atom is 0.0525 e. The van der Waals surface area contributed by atoms with Crippen molar-refractivity contribution < 1.29 is 0 Å². The summed E-state index contributed by atoms with van der Waals surface area (Å²) in [7, 11) is 0. The molecule has 2 aliphatic rings. The first-order valence-electron chi connectivity index (χ1n) is 6.49. The van der Waals surface area contributed by atoms with E-state index in [0.29, 0.717) is 5.41 Å². The van der Waals surface area contributed by atoms with E-state index in [1.807, 2.05) is 0 Å². The molecule has 0 saturated carbocycles. The Kier molecular flexibility index (Phi) is 5.43. The highest BCUT2D eigenvalue weighted by atomic mass is 32.2. The monoisotopic (exact) mass is 308 g/mol. The molecule has 0 atom stereocenters. The second-order valence-corrected chi connectivity index (χ2v) is 11.1. The van der Waals surface area contributed by atoms with Gasteiger partial charge in [-0.25, -0.2) is 0 Å². The highest BCUT2D eigenvalue weighted by Crippen LogP contribution is 2.51. The molecule has 2 heterocycles. The fourth-order valence-electron chi connectivity index (χ4n) is 2.15. The Morgan fingerprint density at radius 1 is 0.706 bits per heavy atom. The van der Waals surface area contributed by atoms with E-state index in [4.69, 9.17) is 0 Å². The zero-order valence-corrected chi connectivity index (χ0v) is 14.5. The molecule has 0 unspecified atom stereocenters. The molecule has 0 aromatic heterocycles. The number of rotatable bonds is 2. The Bertz CT molecular complexity index is 206. The highest BCUT2D eigenvalue weighted by Gasteiger charge is 2.41. The molecule has 0 aromatic rings. The first-order valence-corrected chi connectivity index (χ1v) is 10.7. The van der Waals surface area contributed by atoms with Crippen LogP contribution in [0.2, 0.25) is 0 Å². The molecular formula is C13H24S4. The number of hydrogen-bond donors (Lipinski definition) is 0. The minimum atomic E-state index is 0.640. The number of thioether (sulfide) groups is 4. The van der Waals surface area contributed by atoms with Crippen LogP contribution in [0.25, 0.3) is 0 Å². The molecule has 0 aromatic carbocycles. The molecule has 100 valence electrons. The van der Waals surface area contributed by atoms with E-state index in [0.717, 1.165) is 21.0 Å². The predicted molar refractivity (Wildman–Crippen MR) is 89.5 cm³/mol. The Morgan fingerprint density at radius 2 is 1.00 bits per heavy atom. The van der Waals surface area contributed by atoms with Gasteiger partial charge in [0.1, 0.15) is 0 Å². The lowest BCUT2D eigenvalue weighted by Gasteiger charge is -2.44. The van der Waals surface area contributed by atoms with Gasteiger partial charge in [0.05, 0.1) is 9.16 Å². The van der Waals surface area contributed by atoms with E-state index in [2.05, 4.69) is 74.7 Å². The van der Waals surface area contributed by atoms with Crippen molar-refractivity contribution in [2.75, 3.05) is 23.0 Å². The van der Waals surface area contributed by atoms with Crippen molar-refractivity contribution >= 4 is 47.0 Å². The summed E-state index contributed by atoms with van der Waals surface area (Å²) in [6.07, 6.45) is 0. The summed E-state index contributed by atoms with van der Waals surface area (Å²) in [6, 6.07) is 0. The second kappa shape index (κ2) is 6.23. The van der Waals surface area contributed by atoms with Crippen molar-refractivity contribution in [3.63, 3.8) is 0 Å². The lowest BCUT2D eigenvalue weighted by molar-refractivity contribution is 0.500. The van der Waals surface area contributed by atoms with Crippen molar-refractivity contribution in [3.8, 4) is 0 Å². The summed E-state index contributed by atoms with van der Waals surface area (Å²) < 4.78 is 1.69. The summed E-state index contributed by atoms with van der Waals surface area (Å²) in [6.45, 7) is 9.45. The summed E-state index contributed by atoms with van der Waals surface area (Å²) in [5, 5.41) is 0. The van der Waals surface area contributed by atoms with Crippen LogP contribution in [-0.2, 0) is 0 Å². The molecule has 0 bridgehead atoms. The molecule has 0 nitrogen and oxygen atoms in total. The van der Waals surface area contributed by atoms with E-state index < -0.39 is 0 Å². The normalized spacial score (nSPS) is 39.2. The predicted octanol–water partition coefficient (Wildman–Crippen LogP) is 4.90. The van der Waals surface area contributed by atoms with E-state index in [1.54, 1.807) is 0 Å². The van der Waals surface area contributed by atoms with Gasteiger partial charge in [-0.1, -0.05) is 27.7 Å². The smallest absolute Gasteiger partial charge is 0.0525 e. The van der Waals surface area contributed by atoms with Gasteiger partial charge in [-0.15, -0.1) is 47.0 Å². The Labute approximate surface area is 124 Å². The van der Waals surface area contributed by atoms with Crippen LogP contribution in [-0.4, -0.2) is 32.2 Å². The molecule has 2 fully saturated rings. The van der Waals surface area contributed by atoms with Gasteiger partial charge < -0.3 is 0 Å². The third kappa shape index (κ3) is 3.70. The van der Waals surface area contributed by atoms with Gasteiger partial charge in [-0.3, -0.25) is 0 Å². The molecule has 1 spiro atoms. The molecule has 0 aliphatic carbocycles. The molecule has 0 N–H and O–H groups in total. The molecule has 17 heavy (non-hydrogen) atoms. The molecular weight excluding hydrogens is 284 g/mol. The number of hydrogen-bond acceptors (Lipinski definition) is 4. The first-order chi connectivity index (χ1) is 8.02. The SMILES string of the molecule is CC(C)C1SCC2(CS1)CSC(C(C)C)SC2. The topological polar surface area (TPSA) is 0 Å². The molecule has 4 heteroatoms. The second-order valence-electron chi connectivity index (χ2n) is 5.97. The van der Waals surface area contributed by atoms with Gasteiger partial charge in [-0.05, 0) is 11.8 Å². The van der Waals surface area contributed by atoms with Crippen LogP contribution in [0.5, 0.6) is 0 Å². The van der Waals surface area contributed by atoms with E-state index in [9.17, 15) is 0 Å². The molecule has 0 amide bonds. The van der Waals surface area contributed by atoms with Gasteiger partial charge in [0.15, 0.2) is 0 Å². The van der Waals surface area contributed by atoms with Crippen molar-refractivity contribution in [2.24, 2.45) is 17.3 Å². The minimum Gasteiger partial charge on any atom is -0.147 e. The highest BCUT2D eigenvalue weighted by molar-refractivity contribution is 8.19. The average Bonchev–Trinajstić information content (AvgIpc) is 2.30. The van der Waals surface area contributed by atoms with E-state index in [-0.39, 0.29) is 0 Å². The van der Waals surface area contributed by atoms with Crippen molar-refractivity contribution in [2.45, 2.75) is 36.9 Å². The summed E-state index contributed by atoms with van der Waals surface area (Å²) in [4.78, 5) is 0. The van der Waals surface area contributed by atoms with E-state index >= 15 is 0 Å². The Morgan fingerprint density at radius 3 is 1.24 bits per heavy atom. The zero-order valence-electron chi connectivity index (χ0n) is 11.3. The fourth-order valence-corrected chi connectivity index (χ4v) is 9.35. The van der Waals surface area contributed by atoms with Gasteiger partial charge >= 0.3 is 0 Å². The van der Waals surface area contributed by atoms with Gasteiger partial charge in [0.2, 0.25) is 0 Å². The van der Waals surface area contributed by atoms with E-state index in [1.165, 1.54) is 23.0 Å². The third-order valence-corrected chi connectivity index (χ3v) is 11.5. The molecule has 0 radical (unpaired) electrons. The third-order valence-electron chi connectivity index (χ3n) is 3.30. The summed E-state index contributed by atoms with van der Waals surface area (Å²) in [5.74, 6) is 7.24.